The number of aromatic amines is 1. The summed E-state index contributed by atoms with van der Waals surface area (Å²) in [6, 6.07) is 4.08. The van der Waals surface area contributed by atoms with Crippen LogP contribution in [0.4, 0.5) is 0 Å². The number of nitrogens with zero attached hydrogens (tertiary/aromatic N) is 3. The number of aryl methyl sites for hydroxylation is 2. The molecule has 0 atom stereocenters. The third kappa shape index (κ3) is 1.93. The van der Waals surface area contributed by atoms with E-state index in [-0.39, 0.29) is 0 Å². The van der Waals surface area contributed by atoms with E-state index in [1.54, 1.807) is 0 Å². The summed E-state index contributed by atoms with van der Waals surface area (Å²) in [7, 11) is 0. The van der Waals surface area contributed by atoms with Gasteiger partial charge in [0.1, 0.15) is 5.82 Å². The predicted octanol–water partition coefficient (Wildman–Crippen LogP) is 1.73. The molecule has 78 valence electrons. The Morgan fingerprint density at radius 1 is 1.33 bits per heavy atom. The van der Waals surface area contributed by atoms with Crippen molar-refractivity contribution >= 4 is 0 Å². The fourth-order valence-corrected chi connectivity index (χ4v) is 1.70. The fraction of sp³-hybridized carbons (Fsp3) is 0.455. The van der Waals surface area contributed by atoms with E-state index in [0.29, 0.717) is 5.92 Å². The molecule has 1 fully saturated rings. The zero-order chi connectivity index (χ0) is 10.1. The lowest BCUT2D eigenvalue weighted by Crippen LogP contribution is -1.99. The number of rotatable bonds is 4. The van der Waals surface area contributed by atoms with Crippen LogP contribution in [0.2, 0.25) is 0 Å². The van der Waals surface area contributed by atoms with Gasteiger partial charge in [0.25, 0.3) is 0 Å². The van der Waals surface area contributed by atoms with Gasteiger partial charge in [-0.3, -0.25) is 5.10 Å². The molecule has 2 aromatic heterocycles. The molecule has 0 aromatic carbocycles. The largest absolute Gasteiger partial charge is 0.354 e. The van der Waals surface area contributed by atoms with Gasteiger partial charge in [-0.05, 0) is 25.0 Å². The second-order valence-electron chi connectivity index (χ2n) is 4.09. The van der Waals surface area contributed by atoms with Crippen molar-refractivity contribution in [1.29, 1.82) is 0 Å². The molecule has 1 N–H and O–H groups in total. The van der Waals surface area contributed by atoms with Crippen molar-refractivity contribution < 1.29 is 0 Å². The first kappa shape index (κ1) is 8.71. The quantitative estimate of drug-likeness (QED) is 0.820. The Hall–Kier alpha value is -1.58. The van der Waals surface area contributed by atoms with Crippen molar-refractivity contribution in [3.8, 4) is 0 Å². The first-order chi connectivity index (χ1) is 7.42. The maximum atomic E-state index is 4.49. The Labute approximate surface area is 88.3 Å². The number of aromatic nitrogens is 4. The zero-order valence-electron chi connectivity index (χ0n) is 8.56. The molecule has 1 aliphatic carbocycles. The van der Waals surface area contributed by atoms with Crippen molar-refractivity contribution in [2.45, 2.75) is 31.7 Å². The maximum Gasteiger partial charge on any atom is 0.153 e. The molecule has 1 aliphatic rings. The lowest BCUT2D eigenvalue weighted by molar-refractivity contribution is 0.677. The van der Waals surface area contributed by atoms with Crippen molar-refractivity contribution in [2.75, 3.05) is 0 Å². The van der Waals surface area contributed by atoms with Gasteiger partial charge in [-0.25, -0.2) is 4.98 Å². The molecule has 0 saturated heterocycles. The fourth-order valence-electron chi connectivity index (χ4n) is 1.70. The molecule has 0 radical (unpaired) electrons. The van der Waals surface area contributed by atoms with E-state index in [4.69, 9.17) is 0 Å². The van der Waals surface area contributed by atoms with E-state index in [1.165, 1.54) is 12.8 Å². The molecule has 15 heavy (non-hydrogen) atoms. The number of hydrogen-bond acceptors (Lipinski definition) is 2. The first-order valence-corrected chi connectivity index (χ1v) is 5.44. The minimum absolute atomic E-state index is 0.640. The Balaban J connectivity index is 1.61. The summed E-state index contributed by atoms with van der Waals surface area (Å²) >= 11 is 0. The number of nitrogens with one attached hydrogen (secondary N) is 1. The van der Waals surface area contributed by atoms with E-state index in [9.17, 15) is 0 Å². The Bertz CT molecular complexity index is 425. The lowest BCUT2D eigenvalue weighted by atomic mass is 10.4. The minimum Gasteiger partial charge on any atom is -0.354 e. The highest BCUT2D eigenvalue weighted by molar-refractivity contribution is 5.05. The Kier molecular flexibility index (Phi) is 2.05. The number of hydrogen-bond donors (Lipinski definition) is 1. The summed E-state index contributed by atoms with van der Waals surface area (Å²) in [5, 5.41) is 7.25. The van der Waals surface area contributed by atoms with Crippen LogP contribution in [0.25, 0.3) is 0 Å². The molecule has 0 unspecified atom stereocenters. The van der Waals surface area contributed by atoms with Gasteiger partial charge in [0, 0.05) is 31.3 Å². The van der Waals surface area contributed by atoms with E-state index >= 15 is 0 Å². The standard InChI is InChI=1S/C11H14N4/c1-2-7-15(6-1)8-5-10-12-11(14-13-10)9-3-4-9/h1-2,6-7,9H,3-5,8H2,(H,12,13,14). The smallest absolute Gasteiger partial charge is 0.153 e. The summed E-state index contributed by atoms with van der Waals surface area (Å²) < 4.78 is 2.15. The average molecular weight is 202 g/mol. The molecule has 2 aromatic rings. The highest BCUT2D eigenvalue weighted by Gasteiger charge is 2.27. The molecule has 3 rings (SSSR count). The van der Waals surface area contributed by atoms with Crippen molar-refractivity contribution in [3.63, 3.8) is 0 Å². The molecule has 2 heterocycles. The second kappa shape index (κ2) is 3.53. The third-order valence-corrected chi connectivity index (χ3v) is 2.76. The van der Waals surface area contributed by atoms with Crippen LogP contribution in [0, 0.1) is 0 Å². The monoisotopic (exact) mass is 202 g/mol. The van der Waals surface area contributed by atoms with Crippen LogP contribution in [0.1, 0.15) is 30.4 Å². The van der Waals surface area contributed by atoms with Gasteiger partial charge < -0.3 is 4.57 Å². The van der Waals surface area contributed by atoms with Crippen LogP contribution in [0.15, 0.2) is 24.5 Å². The van der Waals surface area contributed by atoms with Crippen LogP contribution < -0.4 is 0 Å². The molecule has 0 amide bonds. The molecule has 1 saturated carbocycles. The van der Waals surface area contributed by atoms with Crippen molar-refractivity contribution in [1.82, 2.24) is 19.7 Å². The average Bonchev–Trinajstić information content (AvgIpc) is 2.82. The maximum absolute atomic E-state index is 4.49. The van der Waals surface area contributed by atoms with Crippen molar-refractivity contribution in [3.05, 3.63) is 36.2 Å². The molecule has 0 aliphatic heterocycles. The molecule has 0 bridgehead atoms. The predicted molar refractivity (Wildman–Crippen MR) is 56.5 cm³/mol. The molecular weight excluding hydrogens is 188 g/mol. The summed E-state index contributed by atoms with van der Waals surface area (Å²) in [5.41, 5.74) is 0. The summed E-state index contributed by atoms with van der Waals surface area (Å²) in [5.74, 6) is 2.66. The lowest BCUT2D eigenvalue weighted by Gasteiger charge is -1.98. The van der Waals surface area contributed by atoms with Gasteiger partial charge in [0.05, 0.1) is 0 Å². The van der Waals surface area contributed by atoms with Gasteiger partial charge >= 0.3 is 0 Å². The van der Waals surface area contributed by atoms with Crippen LogP contribution in [0.3, 0.4) is 0 Å². The van der Waals surface area contributed by atoms with E-state index in [0.717, 1.165) is 24.6 Å². The Morgan fingerprint density at radius 2 is 2.13 bits per heavy atom. The molecule has 4 heteroatoms. The van der Waals surface area contributed by atoms with E-state index < -0.39 is 0 Å². The highest BCUT2D eigenvalue weighted by Crippen LogP contribution is 2.37. The third-order valence-electron chi connectivity index (χ3n) is 2.76. The molecule has 0 spiro atoms. The van der Waals surface area contributed by atoms with E-state index in [2.05, 4.69) is 32.1 Å². The van der Waals surface area contributed by atoms with Crippen LogP contribution in [-0.4, -0.2) is 19.7 Å². The summed E-state index contributed by atoms with van der Waals surface area (Å²) in [6.45, 7) is 0.965. The van der Waals surface area contributed by atoms with Crippen LogP contribution in [0.5, 0.6) is 0 Å². The molecular formula is C11H14N4. The number of H-pyrrole nitrogens is 1. The van der Waals surface area contributed by atoms with Crippen LogP contribution >= 0.6 is 0 Å². The SMILES string of the molecule is c1ccn(CCc2nc(C3CC3)n[nH]2)c1. The second-order valence-corrected chi connectivity index (χ2v) is 4.09. The summed E-state index contributed by atoms with van der Waals surface area (Å²) in [6.07, 6.45) is 7.58. The van der Waals surface area contributed by atoms with Gasteiger partial charge in [-0.15, -0.1) is 0 Å². The van der Waals surface area contributed by atoms with Gasteiger partial charge in [0.2, 0.25) is 0 Å². The van der Waals surface area contributed by atoms with Gasteiger partial charge in [-0.1, -0.05) is 0 Å². The normalized spacial score (nSPS) is 15.7. The first-order valence-electron chi connectivity index (χ1n) is 5.44. The Morgan fingerprint density at radius 3 is 2.87 bits per heavy atom. The van der Waals surface area contributed by atoms with E-state index in [1.807, 2.05) is 12.1 Å². The van der Waals surface area contributed by atoms with Crippen LogP contribution in [-0.2, 0) is 13.0 Å². The zero-order valence-corrected chi connectivity index (χ0v) is 8.56. The minimum atomic E-state index is 0.640. The highest BCUT2D eigenvalue weighted by atomic mass is 15.2. The summed E-state index contributed by atoms with van der Waals surface area (Å²) in [4.78, 5) is 4.49. The topological polar surface area (TPSA) is 46.5 Å². The van der Waals surface area contributed by atoms with Crippen molar-refractivity contribution in [2.24, 2.45) is 0 Å². The molecule has 4 nitrogen and oxygen atoms in total. The van der Waals surface area contributed by atoms with Gasteiger partial charge in [0.15, 0.2) is 5.82 Å². The van der Waals surface area contributed by atoms with Gasteiger partial charge in [-0.2, -0.15) is 5.10 Å².